The van der Waals surface area contributed by atoms with Gasteiger partial charge in [-0.15, -0.1) is 0 Å². The molecule has 2 saturated heterocycles. The van der Waals surface area contributed by atoms with Crippen LogP contribution in [-0.2, 0) is 9.53 Å². The predicted molar refractivity (Wildman–Crippen MR) is 87.3 cm³/mol. The lowest BCUT2D eigenvalue weighted by atomic mass is 10.1. The third-order valence-corrected chi connectivity index (χ3v) is 4.00. The molecule has 0 radical (unpaired) electrons. The van der Waals surface area contributed by atoms with E-state index in [9.17, 15) is 9.59 Å². The third-order valence-electron chi connectivity index (χ3n) is 4.00. The number of nitrogens with zero attached hydrogens (tertiary/aromatic N) is 3. The highest BCUT2D eigenvalue weighted by molar-refractivity contribution is 6.01. The van der Waals surface area contributed by atoms with Crippen molar-refractivity contribution >= 4 is 17.9 Å². The summed E-state index contributed by atoms with van der Waals surface area (Å²) in [5.41, 5.74) is 0. The number of hydrogen-bond acceptors (Lipinski definition) is 4. The summed E-state index contributed by atoms with van der Waals surface area (Å²) >= 11 is 0. The molecule has 2 N–H and O–H groups in total. The summed E-state index contributed by atoms with van der Waals surface area (Å²) < 4.78 is 5.50. The molecular weight excluding hydrogens is 298 g/mol. The third kappa shape index (κ3) is 4.82. The van der Waals surface area contributed by atoms with Gasteiger partial charge in [-0.3, -0.25) is 14.7 Å². The van der Waals surface area contributed by atoms with Gasteiger partial charge in [-0.25, -0.2) is 4.79 Å². The summed E-state index contributed by atoms with van der Waals surface area (Å²) in [6.45, 7) is 9.05. The van der Waals surface area contributed by atoms with E-state index in [-0.39, 0.29) is 18.5 Å². The van der Waals surface area contributed by atoms with Gasteiger partial charge in [-0.2, -0.15) is 0 Å². The molecule has 0 aliphatic carbocycles. The Morgan fingerprint density at radius 2 is 2.26 bits per heavy atom. The van der Waals surface area contributed by atoms with Gasteiger partial charge in [-0.05, 0) is 20.3 Å². The molecule has 8 nitrogen and oxygen atoms in total. The molecule has 1 atom stereocenters. The molecule has 8 heteroatoms. The SMILES string of the molecule is CCNC(=NCCN1C(=O)CNC1=O)N1CCC(COCC)C1. The molecular formula is C15H27N5O3. The smallest absolute Gasteiger partial charge is 0.324 e. The van der Waals surface area contributed by atoms with Gasteiger partial charge in [0.1, 0.15) is 0 Å². The molecule has 2 fully saturated rings. The Hall–Kier alpha value is -1.83. The highest BCUT2D eigenvalue weighted by atomic mass is 16.5. The van der Waals surface area contributed by atoms with E-state index in [1.165, 1.54) is 4.90 Å². The molecule has 0 saturated carbocycles. The molecule has 0 aromatic carbocycles. The zero-order valence-electron chi connectivity index (χ0n) is 14.0. The van der Waals surface area contributed by atoms with Gasteiger partial charge in [0.2, 0.25) is 5.91 Å². The van der Waals surface area contributed by atoms with Crippen LogP contribution in [-0.4, -0.2) is 80.2 Å². The number of likely N-dealkylation sites (tertiary alicyclic amines) is 1. The fourth-order valence-electron chi connectivity index (χ4n) is 2.81. The van der Waals surface area contributed by atoms with Crippen molar-refractivity contribution in [2.75, 3.05) is 52.5 Å². The summed E-state index contributed by atoms with van der Waals surface area (Å²) in [6, 6.07) is -0.326. The molecule has 1 unspecified atom stereocenters. The van der Waals surface area contributed by atoms with Crippen LogP contribution in [0.25, 0.3) is 0 Å². The predicted octanol–water partition coefficient (Wildman–Crippen LogP) is -0.138. The van der Waals surface area contributed by atoms with Crippen LogP contribution in [0.3, 0.4) is 0 Å². The first kappa shape index (κ1) is 17.5. The first-order valence-corrected chi connectivity index (χ1v) is 8.34. The summed E-state index contributed by atoms with van der Waals surface area (Å²) in [5.74, 6) is 1.19. The second kappa shape index (κ2) is 8.71. The number of rotatable bonds is 7. The minimum atomic E-state index is -0.326. The summed E-state index contributed by atoms with van der Waals surface area (Å²) in [4.78, 5) is 31.0. The molecule has 2 aliphatic heterocycles. The lowest BCUT2D eigenvalue weighted by Crippen LogP contribution is -2.41. The van der Waals surface area contributed by atoms with Crippen LogP contribution in [0.2, 0.25) is 0 Å². The first-order valence-electron chi connectivity index (χ1n) is 8.34. The van der Waals surface area contributed by atoms with E-state index < -0.39 is 0 Å². The second-order valence-electron chi connectivity index (χ2n) is 5.70. The van der Waals surface area contributed by atoms with E-state index in [1.54, 1.807) is 0 Å². The number of carbonyl (C=O) groups is 2. The van der Waals surface area contributed by atoms with Crippen molar-refractivity contribution < 1.29 is 14.3 Å². The minimum Gasteiger partial charge on any atom is -0.381 e. The highest BCUT2D eigenvalue weighted by Gasteiger charge is 2.28. The van der Waals surface area contributed by atoms with Crippen molar-refractivity contribution in [2.24, 2.45) is 10.9 Å². The topological polar surface area (TPSA) is 86.3 Å². The monoisotopic (exact) mass is 325 g/mol. The maximum Gasteiger partial charge on any atom is 0.324 e. The zero-order valence-corrected chi connectivity index (χ0v) is 14.0. The normalized spacial score (nSPS) is 22.0. The molecule has 3 amide bonds. The molecule has 130 valence electrons. The van der Waals surface area contributed by atoms with E-state index in [2.05, 4.69) is 20.5 Å². The number of amides is 3. The van der Waals surface area contributed by atoms with Crippen LogP contribution >= 0.6 is 0 Å². The van der Waals surface area contributed by atoms with E-state index in [4.69, 9.17) is 4.74 Å². The largest absolute Gasteiger partial charge is 0.381 e. The Morgan fingerprint density at radius 3 is 2.91 bits per heavy atom. The zero-order chi connectivity index (χ0) is 16.7. The number of ether oxygens (including phenoxy) is 1. The number of imide groups is 1. The van der Waals surface area contributed by atoms with E-state index in [1.807, 2.05) is 13.8 Å². The average Bonchev–Trinajstić information content (AvgIpc) is 3.13. The Balaban J connectivity index is 1.85. The van der Waals surface area contributed by atoms with Crippen molar-refractivity contribution in [3.63, 3.8) is 0 Å². The van der Waals surface area contributed by atoms with Crippen molar-refractivity contribution in [1.29, 1.82) is 0 Å². The van der Waals surface area contributed by atoms with Crippen molar-refractivity contribution in [2.45, 2.75) is 20.3 Å². The average molecular weight is 325 g/mol. The molecule has 2 aliphatic rings. The van der Waals surface area contributed by atoms with Crippen molar-refractivity contribution in [1.82, 2.24) is 20.4 Å². The fourth-order valence-corrected chi connectivity index (χ4v) is 2.81. The lowest BCUT2D eigenvalue weighted by molar-refractivity contribution is -0.124. The number of aliphatic imine (C=N–C) groups is 1. The van der Waals surface area contributed by atoms with Gasteiger partial charge >= 0.3 is 6.03 Å². The Labute approximate surface area is 137 Å². The lowest BCUT2D eigenvalue weighted by Gasteiger charge is -2.22. The van der Waals surface area contributed by atoms with Crippen LogP contribution in [0.4, 0.5) is 4.79 Å². The fraction of sp³-hybridized carbons (Fsp3) is 0.800. The maximum absolute atomic E-state index is 11.5. The standard InChI is InChI=1S/C15H27N5O3/c1-3-16-14(19-7-5-12(10-19)11-23-4-2)17-6-8-20-13(21)9-18-15(20)22/h12H,3-11H2,1-2H3,(H,16,17)(H,18,22). The highest BCUT2D eigenvalue weighted by Crippen LogP contribution is 2.16. The van der Waals surface area contributed by atoms with Gasteiger partial charge in [0.25, 0.3) is 0 Å². The van der Waals surface area contributed by atoms with Gasteiger partial charge in [0, 0.05) is 32.2 Å². The first-order chi connectivity index (χ1) is 11.2. The molecule has 0 aromatic heterocycles. The van der Waals surface area contributed by atoms with Crippen LogP contribution < -0.4 is 10.6 Å². The molecule has 0 bridgehead atoms. The minimum absolute atomic E-state index is 0.0911. The van der Waals surface area contributed by atoms with Crippen LogP contribution in [0, 0.1) is 5.92 Å². The van der Waals surface area contributed by atoms with Crippen molar-refractivity contribution in [3.8, 4) is 0 Å². The number of guanidine groups is 1. The van der Waals surface area contributed by atoms with E-state index >= 15 is 0 Å². The van der Waals surface area contributed by atoms with Gasteiger partial charge in [0.05, 0.1) is 26.2 Å². The Bertz CT molecular complexity index is 438. The summed E-state index contributed by atoms with van der Waals surface area (Å²) in [7, 11) is 0. The number of urea groups is 1. The Kier molecular flexibility index (Phi) is 6.64. The molecule has 0 aromatic rings. The molecule has 23 heavy (non-hydrogen) atoms. The molecule has 2 rings (SSSR count). The molecule has 2 heterocycles. The number of hydrogen-bond donors (Lipinski definition) is 2. The molecule has 0 spiro atoms. The van der Waals surface area contributed by atoms with Gasteiger partial charge < -0.3 is 20.3 Å². The second-order valence-corrected chi connectivity index (χ2v) is 5.70. The quantitative estimate of drug-likeness (QED) is 0.387. The summed E-state index contributed by atoms with van der Waals surface area (Å²) in [6.07, 6.45) is 1.09. The number of nitrogens with one attached hydrogen (secondary N) is 2. The van der Waals surface area contributed by atoms with Crippen LogP contribution in [0.5, 0.6) is 0 Å². The van der Waals surface area contributed by atoms with Crippen LogP contribution in [0.15, 0.2) is 4.99 Å². The van der Waals surface area contributed by atoms with Crippen LogP contribution in [0.1, 0.15) is 20.3 Å². The summed E-state index contributed by atoms with van der Waals surface area (Å²) in [5, 5.41) is 5.79. The number of carbonyl (C=O) groups excluding carboxylic acids is 2. The van der Waals surface area contributed by atoms with Crippen molar-refractivity contribution in [3.05, 3.63) is 0 Å². The van der Waals surface area contributed by atoms with Gasteiger partial charge in [0.15, 0.2) is 5.96 Å². The Morgan fingerprint density at radius 1 is 1.43 bits per heavy atom. The van der Waals surface area contributed by atoms with E-state index in [0.717, 1.165) is 45.2 Å². The van der Waals surface area contributed by atoms with E-state index in [0.29, 0.717) is 19.0 Å². The maximum atomic E-state index is 11.5. The van der Waals surface area contributed by atoms with Gasteiger partial charge in [-0.1, -0.05) is 0 Å².